The summed E-state index contributed by atoms with van der Waals surface area (Å²) in [4.78, 5) is 22.4. The molecule has 0 bridgehead atoms. The minimum Gasteiger partial charge on any atom is -0.457 e. The van der Waals surface area contributed by atoms with Crippen molar-refractivity contribution < 1.29 is 32.7 Å². The Hall–Kier alpha value is -1.43. The maximum Gasteiger partial charge on any atom is 0.330 e. The van der Waals surface area contributed by atoms with Crippen LogP contribution in [-0.4, -0.2) is 43.5 Å². The zero-order chi connectivity index (χ0) is 20.7. The normalized spacial score (nSPS) is 15.2. The monoisotopic (exact) mass is 404 g/mol. The SMILES string of the molecule is C=CC(=O)OC(C)COP(=O)(CCCCCCC)OCC(C)OC(=O)C=C. The maximum atomic E-state index is 13.0. The molecular formula is C19H33O7P. The Labute approximate surface area is 162 Å². The van der Waals surface area contributed by atoms with Crippen LogP contribution in [0.5, 0.6) is 0 Å². The molecule has 0 radical (unpaired) electrons. The smallest absolute Gasteiger partial charge is 0.330 e. The molecule has 0 aromatic heterocycles. The fourth-order valence-electron chi connectivity index (χ4n) is 2.07. The summed E-state index contributed by atoms with van der Waals surface area (Å²) in [6.07, 6.45) is 6.07. The molecule has 0 spiro atoms. The lowest BCUT2D eigenvalue weighted by atomic mass is 10.2. The molecule has 0 aliphatic rings. The third-order valence-electron chi connectivity index (χ3n) is 3.52. The van der Waals surface area contributed by atoms with E-state index in [4.69, 9.17) is 18.5 Å². The fraction of sp³-hybridized carbons (Fsp3) is 0.684. The van der Waals surface area contributed by atoms with E-state index in [9.17, 15) is 14.2 Å². The van der Waals surface area contributed by atoms with Gasteiger partial charge in [0.2, 0.25) is 0 Å². The van der Waals surface area contributed by atoms with Gasteiger partial charge >= 0.3 is 19.5 Å². The number of esters is 2. The van der Waals surface area contributed by atoms with Gasteiger partial charge in [-0.15, -0.1) is 0 Å². The van der Waals surface area contributed by atoms with E-state index in [1.54, 1.807) is 13.8 Å². The van der Waals surface area contributed by atoms with Crippen LogP contribution in [0.4, 0.5) is 0 Å². The number of hydrogen-bond donors (Lipinski definition) is 0. The second-order valence-electron chi connectivity index (χ2n) is 6.24. The summed E-state index contributed by atoms with van der Waals surface area (Å²) < 4.78 is 34.0. The number of rotatable bonds is 16. The quantitative estimate of drug-likeness (QED) is 0.163. The molecule has 2 atom stereocenters. The van der Waals surface area contributed by atoms with Gasteiger partial charge in [0.25, 0.3) is 0 Å². The van der Waals surface area contributed by atoms with Crippen molar-refractivity contribution in [2.45, 2.75) is 65.1 Å². The minimum atomic E-state index is -3.41. The largest absolute Gasteiger partial charge is 0.457 e. The maximum absolute atomic E-state index is 13.0. The first-order valence-electron chi connectivity index (χ1n) is 9.30. The third kappa shape index (κ3) is 13.4. The van der Waals surface area contributed by atoms with Gasteiger partial charge in [0, 0.05) is 12.2 Å². The summed E-state index contributed by atoms with van der Waals surface area (Å²) in [6.45, 7) is 11.9. The summed E-state index contributed by atoms with van der Waals surface area (Å²) >= 11 is 0. The van der Waals surface area contributed by atoms with Crippen LogP contribution >= 0.6 is 7.60 Å². The predicted molar refractivity (Wildman–Crippen MR) is 105 cm³/mol. The van der Waals surface area contributed by atoms with Crippen molar-refractivity contribution in [2.24, 2.45) is 0 Å². The Balaban J connectivity index is 4.65. The topological polar surface area (TPSA) is 88.1 Å². The van der Waals surface area contributed by atoms with Crippen LogP contribution < -0.4 is 0 Å². The molecule has 0 aromatic rings. The lowest BCUT2D eigenvalue weighted by molar-refractivity contribution is -0.143. The van der Waals surface area contributed by atoms with E-state index in [0.717, 1.165) is 37.8 Å². The second kappa shape index (κ2) is 14.6. The fourth-order valence-corrected chi connectivity index (χ4v) is 3.89. The van der Waals surface area contributed by atoms with Gasteiger partial charge in [-0.25, -0.2) is 9.59 Å². The van der Waals surface area contributed by atoms with Gasteiger partial charge in [-0.05, 0) is 20.3 Å². The molecule has 0 heterocycles. The molecule has 0 saturated carbocycles. The van der Waals surface area contributed by atoms with E-state index in [1.807, 2.05) is 0 Å². The Bertz CT molecular complexity index is 482. The van der Waals surface area contributed by atoms with Crippen LogP contribution in [0.1, 0.15) is 52.9 Å². The molecule has 156 valence electrons. The van der Waals surface area contributed by atoms with Gasteiger partial charge in [0.05, 0.1) is 19.4 Å². The van der Waals surface area contributed by atoms with Gasteiger partial charge < -0.3 is 18.5 Å². The number of hydrogen-bond acceptors (Lipinski definition) is 7. The molecule has 8 heteroatoms. The Morgan fingerprint density at radius 2 is 1.33 bits per heavy atom. The van der Waals surface area contributed by atoms with Gasteiger partial charge in [-0.3, -0.25) is 4.57 Å². The van der Waals surface area contributed by atoms with Crippen LogP contribution in [0.2, 0.25) is 0 Å². The average molecular weight is 404 g/mol. The molecule has 7 nitrogen and oxygen atoms in total. The Kier molecular flexibility index (Phi) is 13.8. The highest BCUT2D eigenvalue weighted by Crippen LogP contribution is 2.49. The standard InChI is InChI=1S/C19H33O7P/c1-6-9-10-11-12-13-27(22,23-14-16(4)25-18(20)7-2)24-15-17(5)26-19(21)8-3/h7-8,16-17H,2-3,6,9-15H2,1,4-5H3. The summed E-state index contributed by atoms with van der Waals surface area (Å²) in [5.41, 5.74) is 0. The van der Waals surface area contributed by atoms with Crippen molar-refractivity contribution in [2.75, 3.05) is 19.4 Å². The van der Waals surface area contributed by atoms with Gasteiger partial charge in [0.15, 0.2) is 0 Å². The minimum absolute atomic E-state index is 0.0629. The first kappa shape index (κ1) is 25.6. The van der Waals surface area contributed by atoms with Crippen LogP contribution in [0.3, 0.4) is 0 Å². The predicted octanol–water partition coefficient (Wildman–Crippen LogP) is 4.42. The van der Waals surface area contributed by atoms with Crippen molar-refractivity contribution in [3.8, 4) is 0 Å². The van der Waals surface area contributed by atoms with Crippen molar-refractivity contribution in [1.29, 1.82) is 0 Å². The van der Waals surface area contributed by atoms with Gasteiger partial charge in [0.1, 0.15) is 12.2 Å². The number of unbranched alkanes of at least 4 members (excludes halogenated alkanes) is 4. The molecule has 27 heavy (non-hydrogen) atoms. The molecule has 0 aliphatic carbocycles. The van der Waals surface area contributed by atoms with Crippen LogP contribution in [0.15, 0.2) is 25.3 Å². The number of carbonyl (C=O) groups excluding carboxylic acids is 2. The molecule has 0 aromatic carbocycles. The molecule has 0 N–H and O–H groups in total. The van der Waals surface area contributed by atoms with Crippen LogP contribution in [-0.2, 0) is 32.7 Å². The van der Waals surface area contributed by atoms with E-state index < -0.39 is 31.7 Å². The van der Waals surface area contributed by atoms with Crippen molar-refractivity contribution in [1.82, 2.24) is 0 Å². The molecule has 0 aliphatic heterocycles. The number of ether oxygens (including phenoxy) is 2. The summed E-state index contributed by atoms with van der Waals surface area (Å²) in [6, 6.07) is 0. The first-order chi connectivity index (χ1) is 12.8. The molecular weight excluding hydrogens is 371 g/mol. The zero-order valence-corrected chi connectivity index (χ0v) is 17.6. The van der Waals surface area contributed by atoms with E-state index in [1.165, 1.54) is 0 Å². The molecule has 0 fully saturated rings. The molecule has 0 saturated heterocycles. The van der Waals surface area contributed by atoms with Crippen LogP contribution in [0.25, 0.3) is 0 Å². The van der Waals surface area contributed by atoms with Crippen molar-refractivity contribution in [3.63, 3.8) is 0 Å². The van der Waals surface area contributed by atoms with E-state index in [-0.39, 0.29) is 19.4 Å². The summed E-state index contributed by atoms with van der Waals surface area (Å²) in [5, 5.41) is 0. The highest BCUT2D eigenvalue weighted by molar-refractivity contribution is 7.53. The van der Waals surface area contributed by atoms with E-state index in [2.05, 4.69) is 20.1 Å². The summed E-state index contributed by atoms with van der Waals surface area (Å²) in [7, 11) is -3.41. The number of carbonyl (C=O) groups is 2. The van der Waals surface area contributed by atoms with Crippen LogP contribution in [0, 0.1) is 0 Å². The van der Waals surface area contributed by atoms with E-state index >= 15 is 0 Å². The van der Waals surface area contributed by atoms with E-state index in [0.29, 0.717) is 6.42 Å². The van der Waals surface area contributed by atoms with Gasteiger partial charge in [-0.2, -0.15) is 0 Å². The third-order valence-corrected chi connectivity index (χ3v) is 5.46. The van der Waals surface area contributed by atoms with Crippen molar-refractivity contribution in [3.05, 3.63) is 25.3 Å². The first-order valence-corrected chi connectivity index (χ1v) is 11.0. The van der Waals surface area contributed by atoms with Crippen molar-refractivity contribution >= 4 is 19.5 Å². The lowest BCUT2D eigenvalue weighted by Gasteiger charge is -2.22. The average Bonchev–Trinajstić information content (AvgIpc) is 2.64. The van der Waals surface area contributed by atoms with Gasteiger partial charge in [-0.1, -0.05) is 45.8 Å². The molecule has 0 amide bonds. The second-order valence-corrected chi connectivity index (χ2v) is 8.43. The Morgan fingerprint density at radius 1 is 0.889 bits per heavy atom. The molecule has 2 unspecified atom stereocenters. The Morgan fingerprint density at radius 3 is 1.74 bits per heavy atom. The highest BCUT2D eigenvalue weighted by Gasteiger charge is 2.27. The summed E-state index contributed by atoms with van der Waals surface area (Å²) in [5.74, 6) is -1.15. The molecule has 0 rings (SSSR count). The lowest BCUT2D eigenvalue weighted by Crippen LogP contribution is -2.21. The zero-order valence-electron chi connectivity index (χ0n) is 16.7. The highest BCUT2D eigenvalue weighted by atomic mass is 31.2.